The molecule has 2 aromatic heterocycles. The molecule has 0 saturated heterocycles. The zero-order valence-corrected chi connectivity index (χ0v) is 11.8. The first-order valence-electron chi connectivity index (χ1n) is 6.24. The van der Waals surface area contributed by atoms with E-state index in [0.717, 1.165) is 16.5 Å². The van der Waals surface area contributed by atoms with E-state index < -0.39 is 11.7 Å². The second-order valence-corrected chi connectivity index (χ2v) is 5.00. The molecule has 0 aliphatic heterocycles. The number of hydrogen-bond donors (Lipinski definition) is 1. The van der Waals surface area contributed by atoms with Crippen molar-refractivity contribution < 1.29 is 14.3 Å². The van der Waals surface area contributed by atoms with Gasteiger partial charge in [-0.15, -0.1) is 0 Å². The fourth-order valence-corrected chi connectivity index (χ4v) is 2.27. The molecule has 0 amide bonds. The second-order valence-electron chi connectivity index (χ2n) is 4.56. The van der Waals surface area contributed by atoms with Crippen molar-refractivity contribution in [3.8, 4) is 6.07 Å². The highest BCUT2D eigenvalue weighted by Gasteiger charge is 2.19. The Bertz CT molecular complexity index is 927. The van der Waals surface area contributed by atoms with Gasteiger partial charge in [0.15, 0.2) is 5.69 Å². The van der Waals surface area contributed by atoms with Gasteiger partial charge in [-0.3, -0.25) is 4.98 Å². The number of rotatable bonds is 3. The first-order valence-corrected chi connectivity index (χ1v) is 6.62. The van der Waals surface area contributed by atoms with Crippen molar-refractivity contribution in [2.24, 2.45) is 0 Å². The molecule has 7 heteroatoms. The minimum atomic E-state index is -1.32. The lowest BCUT2D eigenvalue weighted by Crippen LogP contribution is -1.96. The Morgan fingerprint density at radius 1 is 1.41 bits per heavy atom. The maximum atomic E-state index is 11.0. The van der Waals surface area contributed by atoms with Crippen LogP contribution in [0.1, 0.15) is 27.7 Å². The minimum absolute atomic E-state index is 0.170. The Morgan fingerprint density at radius 2 is 2.23 bits per heavy atom. The molecule has 0 fully saturated rings. The number of halogens is 1. The Labute approximate surface area is 129 Å². The maximum Gasteiger partial charge on any atom is 0.374 e. The van der Waals surface area contributed by atoms with Gasteiger partial charge in [-0.1, -0.05) is 17.7 Å². The van der Waals surface area contributed by atoms with Crippen LogP contribution in [-0.2, 0) is 6.42 Å². The molecule has 0 aliphatic rings. The Kier molecular flexibility index (Phi) is 3.49. The van der Waals surface area contributed by atoms with E-state index in [1.807, 2.05) is 18.2 Å². The highest BCUT2D eigenvalue weighted by molar-refractivity contribution is 6.31. The van der Waals surface area contributed by atoms with Crippen molar-refractivity contribution in [1.29, 1.82) is 5.26 Å². The van der Waals surface area contributed by atoms with Crippen LogP contribution in [0.2, 0.25) is 5.02 Å². The van der Waals surface area contributed by atoms with E-state index >= 15 is 0 Å². The molecule has 108 valence electrons. The molecule has 0 atom stereocenters. The van der Waals surface area contributed by atoms with E-state index in [1.165, 1.54) is 0 Å². The van der Waals surface area contributed by atoms with Gasteiger partial charge in [-0.25, -0.2) is 9.78 Å². The molecule has 0 unspecified atom stereocenters. The lowest BCUT2D eigenvalue weighted by atomic mass is 10.1. The third-order valence-electron chi connectivity index (χ3n) is 3.04. The Hall–Kier alpha value is -2.91. The van der Waals surface area contributed by atoms with E-state index in [-0.39, 0.29) is 18.0 Å². The standard InChI is InChI=1S/C15H8ClN3O3/c16-10-5-9-3-8(1-2-11(9)18-7-10)4-13-19-12(6-17)14(22-13)15(20)21/h1-3,5,7H,4H2,(H,20,21). The molecule has 1 N–H and O–H groups in total. The van der Waals surface area contributed by atoms with Gasteiger partial charge >= 0.3 is 5.97 Å². The number of carboxylic acid groups (broad SMARTS) is 1. The van der Waals surface area contributed by atoms with Gasteiger partial charge in [0.05, 0.1) is 10.5 Å². The number of fused-ring (bicyclic) bond motifs is 1. The van der Waals surface area contributed by atoms with Crippen molar-refractivity contribution >= 4 is 28.5 Å². The molecule has 2 heterocycles. The molecule has 3 rings (SSSR count). The summed E-state index contributed by atoms with van der Waals surface area (Å²) in [6, 6.07) is 9.02. The predicted molar refractivity (Wildman–Crippen MR) is 77.7 cm³/mol. The normalized spacial score (nSPS) is 10.5. The van der Waals surface area contributed by atoms with Crippen LogP contribution in [0.3, 0.4) is 0 Å². The number of benzene rings is 1. The molecule has 1 aromatic carbocycles. The van der Waals surface area contributed by atoms with Gasteiger partial charge in [-0.2, -0.15) is 5.26 Å². The molecule has 0 bridgehead atoms. The van der Waals surface area contributed by atoms with Crippen LogP contribution in [0.5, 0.6) is 0 Å². The number of aromatic carboxylic acids is 1. The zero-order chi connectivity index (χ0) is 15.7. The van der Waals surface area contributed by atoms with E-state index in [9.17, 15) is 4.79 Å². The van der Waals surface area contributed by atoms with Crippen molar-refractivity contribution in [3.63, 3.8) is 0 Å². The number of oxazole rings is 1. The summed E-state index contributed by atoms with van der Waals surface area (Å²) in [6.45, 7) is 0. The van der Waals surface area contributed by atoms with Crippen molar-refractivity contribution in [2.45, 2.75) is 6.42 Å². The highest BCUT2D eigenvalue weighted by Crippen LogP contribution is 2.20. The number of nitrogens with zero attached hydrogens (tertiary/aromatic N) is 3. The quantitative estimate of drug-likeness (QED) is 0.797. The van der Waals surface area contributed by atoms with Crippen LogP contribution < -0.4 is 0 Å². The van der Waals surface area contributed by atoms with Crippen molar-refractivity contribution in [3.05, 3.63) is 58.4 Å². The number of hydrogen-bond acceptors (Lipinski definition) is 5. The summed E-state index contributed by atoms with van der Waals surface area (Å²) in [5, 5.41) is 19.2. The minimum Gasteiger partial charge on any atom is -0.475 e. The number of nitriles is 1. The topological polar surface area (TPSA) is 100 Å². The second kappa shape index (κ2) is 5.47. The van der Waals surface area contributed by atoms with Gasteiger partial charge in [0.25, 0.3) is 0 Å². The summed E-state index contributed by atoms with van der Waals surface area (Å²) in [4.78, 5) is 19.0. The van der Waals surface area contributed by atoms with Crippen LogP contribution >= 0.6 is 11.6 Å². The Morgan fingerprint density at radius 3 is 2.91 bits per heavy atom. The van der Waals surface area contributed by atoms with Crippen LogP contribution in [0.25, 0.3) is 10.9 Å². The summed E-state index contributed by atoms with van der Waals surface area (Å²) in [5.41, 5.74) is 1.41. The van der Waals surface area contributed by atoms with Gasteiger partial charge < -0.3 is 9.52 Å². The lowest BCUT2D eigenvalue weighted by molar-refractivity contribution is 0.0660. The molecule has 6 nitrogen and oxygen atoms in total. The number of carbonyl (C=O) groups is 1. The smallest absolute Gasteiger partial charge is 0.374 e. The van der Waals surface area contributed by atoms with Gasteiger partial charge in [0, 0.05) is 18.0 Å². The fourth-order valence-electron chi connectivity index (χ4n) is 2.10. The third kappa shape index (κ3) is 2.62. The molecule has 0 radical (unpaired) electrons. The lowest BCUT2D eigenvalue weighted by Gasteiger charge is -2.01. The van der Waals surface area contributed by atoms with Crippen LogP contribution in [0, 0.1) is 11.3 Å². The summed E-state index contributed by atoms with van der Waals surface area (Å²) >= 11 is 5.91. The highest BCUT2D eigenvalue weighted by atomic mass is 35.5. The third-order valence-corrected chi connectivity index (χ3v) is 3.25. The van der Waals surface area contributed by atoms with Crippen molar-refractivity contribution in [1.82, 2.24) is 9.97 Å². The number of aromatic nitrogens is 2. The summed E-state index contributed by atoms with van der Waals surface area (Å²) in [7, 11) is 0. The summed E-state index contributed by atoms with van der Waals surface area (Å²) in [5.74, 6) is -1.59. The summed E-state index contributed by atoms with van der Waals surface area (Å²) in [6.07, 6.45) is 1.83. The first kappa shape index (κ1) is 14.0. The maximum absolute atomic E-state index is 11.0. The molecule has 0 spiro atoms. The van der Waals surface area contributed by atoms with Crippen LogP contribution in [0.15, 0.2) is 34.9 Å². The van der Waals surface area contributed by atoms with E-state index in [0.29, 0.717) is 5.02 Å². The molecule has 22 heavy (non-hydrogen) atoms. The Balaban J connectivity index is 1.96. The van der Waals surface area contributed by atoms with Crippen LogP contribution in [0.4, 0.5) is 0 Å². The van der Waals surface area contributed by atoms with Crippen LogP contribution in [-0.4, -0.2) is 21.0 Å². The number of carboxylic acids is 1. The van der Waals surface area contributed by atoms with Gasteiger partial charge in [-0.05, 0) is 23.8 Å². The molecule has 0 aliphatic carbocycles. The van der Waals surface area contributed by atoms with Gasteiger partial charge in [0.1, 0.15) is 6.07 Å². The van der Waals surface area contributed by atoms with Crippen molar-refractivity contribution in [2.75, 3.05) is 0 Å². The number of pyridine rings is 1. The first-order chi connectivity index (χ1) is 10.6. The fraction of sp³-hybridized carbons (Fsp3) is 0.0667. The monoisotopic (exact) mass is 313 g/mol. The average Bonchev–Trinajstić information content (AvgIpc) is 2.90. The molecular formula is C15H8ClN3O3. The SMILES string of the molecule is N#Cc1nc(Cc2ccc3ncc(Cl)cc3c2)oc1C(=O)O. The average molecular weight is 314 g/mol. The molecular weight excluding hydrogens is 306 g/mol. The zero-order valence-electron chi connectivity index (χ0n) is 11.1. The van der Waals surface area contributed by atoms with E-state index in [4.69, 9.17) is 26.4 Å². The largest absolute Gasteiger partial charge is 0.475 e. The summed E-state index contributed by atoms with van der Waals surface area (Å²) < 4.78 is 5.13. The van der Waals surface area contributed by atoms with Gasteiger partial charge in [0.2, 0.25) is 11.7 Å². The molecule has 3 aromatic rings. The molecule has 0 saturated carbocycles. The predicted octanol–water partition coefficient (Wildman–Crippen LogP) is 3.04. The van der Waals surface area contributed by atoms with E-state index in [1.54, 1.807) is 18.3 Å². The van der Waals surface area contributed by atoms with E-state index in [2.05, 4.69) is 9.97 Å².